The number of carbonyl (C=O) groups excluding carboxylic acids is 1. The van der Waals surface area contributed by atoms with Gasteiger partial charge in [-0.1, -0.05) is 12.1 Å². The molecule has 1 atom stereocenters. The van der Waals surface area contributed by atoms with Gasteiger partial charge in [0.2, 0.25) is 5.89 Å². The second-order valence-electron chi connectivity index (χ2n) is 3.76. The molecule has 1 heterocycles. The molecule has 1 aromatic rings. The van der Waals surface area contributed by atoms with Crippen molar-refractivity contribution >= 4 is 12.0 Å². The first kappa shape index (κ1) is 13.9. The van der Waals surface area contributed by atoms with Crippen molar-refractivity contribution in [2.45, 2.75) is 39.3 Å². The molecule has 3 N–H and O–H groups in total. The molecule has 0 saturated heterocycles. The number of aryl methyl sites for hydroxylation is 1. The summed E-state index contributed by atoms with van der Waals surface area (Å²) >= 11 is 0. The molecule has 0 radical (unpaired) electrons. The van der Waals surface area contributed by atoms with Crippen molar-refractivity contribution in [2.24, 2.45) is 0 Å². The van der Waals surface area contributed by atoms with Gasteiger partial charge in [-0.25, -0.2) is 4.79 Å². The predicted molar refractivity (Wildman–Crippen MR) is 60.7 cm³/mol. The van der Waals surface area contributed by atoms with E-state index in [1.54, 1.807) is 13.8 Å². The second-order valence-corrected chi connectivity index (χ2v) is 3.76. The topological polar surface area (TPSA) is 117 Å². The molecule has 8 nitrogen and oxygen atoms in total. The van der Waals surface area contributed by atoms with Crippen LogP contribution in [-0.2, 0) is 11.3 Å². The van der Waals surface area contributed by atoms with Gasteiger partial charge in [-0.15, -0.1) is 0 Å². The summed E-state index contributed by atoms with van der Waals surface area (Å²) in [6.45, 7) is 3.58. The molecule has 8 heteroatoms. The van der Waals surface area contributed by atoms with Crippen LogP contribution in [0.15, 0.2) is 4.52 Å². The van der Waals surface area contributed by atoms with Gasteiger partial charge in [0.05, 0.1) is 13.0 Å². The fraction of sp³-hybridized carbons (Fsp3) is 0.600. The Hall–Kier alpha value is -2.12. The van der Waals surface area contributed by atoms with Crippen LogP contribution in [0.25, 0.3) is 0 Å². The highest BCUT2D eigenvalue weighted by atomic mass is 16.5. The standard InChI is InChI=1S/C10H16N4O4/c1-3-7(4-9(15)16)13-10(17)11-5-8-12-6(2)18-14-8/h7H,3-5H2,1-2H3,(H,15,16)(H2,11,13,17). The van der Waals surface area contributed by atoms with E-state index in [9.17, 15) is 9.59 Å². The van der Waals surface area contributed by atoms with Crippen molar-refractivity contribution < 1.29 is 19.2 Å². The third kappa shape index (κ3) is 4.81. The highest BCUT2D eigenvalue weighted by Crippen LogP contribution is 1.98. The molecule has 0 aliphatic rings. The summed E-state index contributed by atoms with van der Waals surface area (Å²) in [5.41, 5.74) is 0. The number of rotatable bonds is 6. The van der Waals surface area contributed by atoms with E-state index in [-0.39, 0.29) is 13.0 Å². The van der Waals surface area contributed by atoms with Crippen molar-refractivity contribution in [1.82, 2.24) is 20.8 Å². The molecule has 0 fully saturated rings. The molecule has 0 aliphatic carbocycles. The molecule has 100 valence electrons. The summed E-state index contributed by atoms with van der Waals surface area (Å²) in [6, 6.07) is -0.847. The lowest BCUT2D eigenvalue weighted by atomic mass is 10.1. The van der Waals surface area contributed by atoms with Gasteiger partial charge in [-0.2, -0.15) is 4.98 Å². The van der Waals surface area contributed by atoms with Crippen molar-refractivity contribution in [3.05, 3.63) is 11.7 Å². The first-order valence-corrected chi connectivity index (χ1v) is 5.56. The Labute approximate surface area is 104 Å². The van der Waals surface area contributed by atoms with Crippen LogP contribution in [0.2, 0.25) is 0 Å². The van der Waals surface area contributed by atoms with Crippen LogP contribution in [0.5, 0.6) is 0 Å². The summed E-state index contributed by atoms with van der Waals surface area (Å²) in [5.74, 6) is -0.158. The SMILES string of the molecule is CCC(CC(=O)O)NC(=O)NCc1noc(C)n1. The Balaban J connectivity index is 2.34. The molecule has 0 aliphatic heterocycles. The van der Waals surface area contributed by atoms with Crippen LogP contribution >= 0.6 is 0 Å². The number of aromatic nitrogens is 2. The van der Waals surface area contributed by atoms with E-state index in [2.05, 4.69) is 20.8 Å². The van der Waals surface area contributed by atoms with E-state index in [4.69, 9.17) is 9.63 Å². The molecule has 0 spiro atoms. The molecule has 2 amide bonds. The van der Waals surface area contributed by atoms with Crippen LogP contribution in [-0.4, -0.2) is 33.3 Å². The number of urea groups is 1. The van der Waals surface area contributed by atoms with E-state index in [1.165, 1.54) is 0 Å². The van der Waals surface area contributed by atoms with Gasteiger partial charge in [0, 0.05) is 13.0 Å². The highest BCUT2D eigenvalue weighted by molar-refractivity contribution is 5.75. The van der Waals surface area contributed by atoms with Gasteiger partial charge in [-0.3, -0.25) is 4.79 Å². The van der Waals surface area contributed by atoms with Crippen LogP contribution in [0.1, 0.15) is 31.5 Å². The number of nitrogens with zero attached hydrogens (tertiary/aromatic N) is 2. The third-order valence-electron chi connectivity index (χ3n) is 2.23. The number of hydrogen-bond acceptors (Lipinski definition) is 5. The molecule has 1 unspecified atom stereocenters. The number of carboxylic acid groups (broad SMARTS) is 1. The summed E-state index contributed by atoms with van der Waals surface area (Å²) in [6.07, 6.45) is 0.437. The fourth-order valence-corrected chi connectivity index (χ4v) is 1.32. The molecular weight excluding hydrogens is 240 g/mol. The number of aliphatic carboxylic acids is 1. The first-order chi connectivity index (χ1) is 8.51. The Morgan fingerprint density at radius 3 is 2.72 bits per heavy atom. The summed E-state index contributed by atoms with van der Waals surface area (Å²) < 4.78 is 4.74. The van der Waals surface area contributed by atoms with Gasteiger partial charge < -0.3 is 20.3 Å². The fourth-order valence-electron chi connectivity index (χ4n) is 1.32. The Morgan fingerprint density at radius 2 is 2.22 bits per heavy atom. The molecule has 0 bridgehead atoms. The molecule has 0 aromatic carbocycles. The van der Waals surface area contributed by atoms with Crippen molar-refractivity contribution in [3.63, 3.8) is 0 Å². The molecule has 1 rings (SSSR count). The van der Waals surface area contributed by atoms with Crippen molar-refractivity contribution in [2.75, 3.05) is 0 Å². The largest absolute Gasteiger partial charge is 0.481 e. The van der Waals surface area contributed by atoms with E-state index in [0.717, 1.165) is 0 Å². The Kier molecular flexibility index (Phi) is 5.09. The lowest BCUT2D eigenvalue weighted by Gasteiger charge is -2.14. The van der Waals surface area contributed by atoms with Crippen LogP contribution in [0, 0.1) is 6.92 Å². The predicted octanol–water partition coefficient (Wildman–Crippen LogP) is 0.431. The van der Waals surface area contributed by atoms with Crippen LogP contribution in [0.4, 0.5) is 4.79 Å². The van der Waals surface area contributed by atoms with Gasteiger partial charge >= 0.3 is 12.0 Å². The molecule has 0 saturated carbocycles. The Bertz CT molecular complexity index is 418. The average molecular weight is 256 g/mol. The lowest BCUT2D eigenvalue weighted by Crippen LogP contribution is -2.42. The number of amides is 2. The minimum Gasteiger partial charge on any atom is -0.481 e. The lowest BCUT2D eigenvalue weighted by molar-refractivity contribution is -0.137. The van der Waals surface area contributed by atoms with Gasteiger partial charge in [0.1, 0.15) is 0 Å². The average Bonchev–Trinajstić information content (AvgIpc) is 2.71. The zero-order chi connectivity index (χ0) is 13.5. The number of carbonyl (C=O) groups is 2. The molecular formula is C10H16N4O4. The zero-order valence-corrected chi connectivity index (χ0v) is 10.3. The maximum atomic E-state index is 11.5. The van der Waals surface area contributed by atoms with E-state index in [1.807, 2.05) is 0 Å². The van der Waals surface area contributed by atoms with E-state index in [0.29, 0.717) is 18.1 Å². The maximum Gasteiger partial charge on any atom is 0.315 e. The minimum atomic E-state index is -0.948. The van der Waals surface area contributed by atoms with Gasteiger partial charge in [0.15, 0.2) is 5.82 Å². The maximum absolute atomic E-state index is 11.5. The number of carboxylic acids is 1. The highest BCUT2D eigenvalue weighted by Gasteiger charge is 2.14. The normalized spacial score (nSPS) is 11.9. The van der Waals surface area contributed by atoms with Crippen molar-refractivity contribution in [3.8, 4) is 0 Å². The zero-order valence-electron chi connectivity index (χ0n) is 10.3. The van der Waals surface area contributed by atoms with E-state index < -0.39 is 18.0 Å². The van der Waals surface area contributed by atoms with Crippen molar-refractivity contribution in [1.29, 1.82) is 0 Å². The second kappa shape index (κ2) is 6.58. The quantitative estimate of drug-likeness (QED) is 0.679. The van der Waals surface area contributed by atoms with Crippen LogP contribution < -0.4 is 10.6 Å². The monoisotopic (exact) mass is 256 g/mol. The third-order valence-corrected chi connectivity index (χ3v) is 2.23. The first-order valence-electron chi connectivity index (χ1n) is 5.56. The molecule has 18 heavy (non-hydrogen) atoms. The Morgan fingerprint density at radius 1 is 1.50 bits per heavy atom. The molecule has 1 aromatic heterocycles. The van der Waals surface area contributed by atoms with E-state index >= 15 is 0 Å². The summed E-state index contributed by atoms with van der Waals surface area (Å²) in [7, 11) is 0. The van der Waals surface area contributed by atoms with Crippen LogP contribution in [0.3, 0.4) is 0 Å². The minimum absolute atomic E-state index is 0.106. The number of nitrogens with one attached hydrogen (secondary N) is 2. The van der Waals surface area contributed by atoms with Gasteiger partial charge in [0.25, 0.3) is 0 Å². The smallest absolute Gasteiger partial charge is 0.315 e. The number of hydrogen-bond donors (Lipinski definition) is 3. The van der Waals surface area contributed by atoms with Gasteiger partial charge in [-0.05, 0) is 6.42 Å². The summed E-state index contributed by atoms with van der Waals surface area (Å²) in [5, 5.41) is 17.3. The summed E-state index contributed by atoms with van der Waals surface area (Å²) in [4.78, 5) is 25.9.